The number of thioether (sulfide) groups is 1. The maximum absolute atomic E-state index is 5.17. The zero-order valence-electron chi connectivity index (χ0n) is 9.99. The number of hydrogen-bond acceptors (Lipinski definition) is 4. The molecule has 0 radical (unpaired) electrons. The van der Waals surface area contributed by atoms with E-state index in [1.54, 1.807) is 0 Å². The van der Waals surface area contributed by atoms with Gasteiger partial charge >= 0.3 is 0 Å². The molecule has 1 rings (SSSR count). The average molecular weight is 228 g/mol. The van der Waals surface area contributed by atoms with E-state index < -0.39 is 0 Å². The lowest BCUT2D eigenvalue weighted by molar-refractivity contribution is 0.382. The Morgan fingerprint density at radius 1 is 1.20 bits per heavy atom. The Morgan fingerprint density at radius 2 is 1.93 bits per heavy atom. The third kappa shape index (κ3) is 5.21. The highest BCUT2D eigenvalue weighted by molar-refractivity contribution is 7.98. The summed E-state index contributed by atoms with van der Waals surface area (Å²) in [6, 6.07) is 0. The molecule has 0 aliphatic carbocycles. The molecule has 0 fully saturated rings. The van der Waals surface area contributed by atoms with Gasteiger partial charge in [-0.1, -0.05) is 32.9 Å². The van der Waals surface area contributed by atoms with Crippen LogP contribution in [-0.4, -0.2) is 15.9 Å². The molecule has 4 heteroatoms. The molecule has 86 valence electrons. The third-order valence-corrected chi connectivity index (χ3v) is 3.13. The minimum atomic E-state index is 0.582. The minimum Gasteiger partial charge on any atom is -0.338 e. The highest BCUT2D eigenvalue weighted by atomic mass is 32.2. The molecule has 0 aliphatic heterocycles. The van der Waals surface area contributed by atoms with Crippen molar-refractivity contribution in [3.8, 4) is 0 Å². The predicted molar refractivity (Wildman–Crippen MR) is 63.8 cm³/mol. The highest BCUT2D eigenvalue weighted by Crippen LogP contribution is 2.14. The molecule has 3 nitrogen and oxygen atoms in total. The van der Waals surface area contributed by atoms with Gasteiger partial charge < -0.3 is 4.52 Å². The van der Waals surface area contributed by atoms with Gasteiger partial charge in [0.15, 0.2) is 5.82 Å². The van der Waals surface area contributed by atoms with E-state index in [1.165, 1.54) is 0 Å². The molecule has 0 N–H and O–H groups in total. The van der Waals surface area contributed by atoms with Gasteiger partial charge in [-0.05, 0) is 17.6 Å². The third-order valence-electron chi connectivity index (χ3n) is 1.78. The van der Waals surface area contributed by atoms with Crippen LogP contribution >= 0.6 is 11.8 Å². The van der Waals surface area contributed by atoms with E-state index in [0.717, 1.165) is 29.6 Å². The van der Waals surface area contributed by atoms with E-state index >= 15 is 0 Å². The van der Waals surface area contributed by atoms with E-state index in [9.17, 15) is 0 Å². The quantitative estimate of drug-likeness (QED) is 0.749. The second kappa shape index (κ2) is 6.16. The Hall–Kier alpha value is -0.510. The monoisotopic (exact) mass is 228 g/mol. The Bertz CT molecular complexity index is 284. The normalized spacial score (nSPS) is 11.6. The fourth-order valence-corrected chi connectivity index (χ4v) is 2.06. The van der Waals surface area contributed by atoms with Crippen molar-refractivity contribution in [2.75, 3.05) is 5.75 Å². The summed E-state index contributed by atoms with van der Waals surface area (Å²) in [7, 11) is 0. The summed E-state index contributed by atoms with van der Waals surface area (Å²) in [5.74, 6) is 4.87. The van der Waals surface area contributed by atoms with Crippen LogP contribution in [0.25, 0.3) is 0 Å². The first-order chi connectivity index (χ1) is 7.08. The molecule has 0 atom stereocenters. The van der Waals surface area contributed by atoms with E-state index in [2.05, 4.69) is 37.8 Å². The van der Waals surface area contributed by atoms with Crippen molar-refractivity contribution >= 4 is 11.8 Å². The smallest absolute Gasteiger partial charge is 0.236 e. The van der Waals surface area contributed by atoms with Gasteiger partial charge in [-0.25, -0.2) is 0 Å². The van der Waals surface area contributed by atoms with Gasteiger partial charge in [0.2, 0.25) is 5.89 Å². The van der Waals surface area contributed by atoms with E-state index in [4.69, 9.17) is 4.52 Å². The summed E-state index contributed by atoms with van der Waals surface area (Å²) in [6.07, 6.45) is 0.901. The van der Waals surface area contributed by atoms with Crippen molar-refractivity contribution in [3.63, 3.8) is 0 Å². The Labute approximate surface area is 96.0 Å². The van der Waals surface area contributed by atoms with Gasteiger partial charge in [0, 0.05) is 6.42 Å². The number of aromatic nitrogens is 2. The summed E-state index contributed by atoms with van der Waals surface area (Å²) in [5.41, 5.74) is 0. The Kier molecular flexibility index (Phi) is 5.15. The van der Waals surface area contributed by atoms with Crippen molar-refractivity contribution in [1.82, 2.24) is 10.1 Å². The van der Waals surface area contributed by atoms with E-state index in [-0.39, 0.29) is 0 Å². The van der Waals surface area contributed by atoms with Gasteiger partial charge in [0.25, 0.3) is 0 Å². The van der Waals surface area contributed by atoms with Gasteiger partial charge in [-0.3, -0.25) is 0 Å². The number of hydrogen-bond donors (Lipinski definition) is 0. The summed E-state index contributed by atoms with van der Waals surface area (Å²) < 4.78 is 5.17. The average Bonchev–Trinajstić information content (AvgIpc) is 2.50. The van der Waals surface area contributed by atoms with Crippen LogP contribution in [0.3, 0.4) is 0 Å². The second-order valence-corrected chi connectivity index (χ2v) is 5.64. The SMILES string of the molecule is CC(C)CSCc1nc(CC(C)C)no1. The fraction of sp³-hybridized carbons (Fsp3) is 0.818. The summed E-state index contributed by atoms with van der Waals surface area (Å²) >= 11 is 1.85. The molecule has 1 aromatic heterocycles. The van der Waals surface area contributed by atoms with Gasteiger partial charge in [-0.15, -0.1) is 0 Å². The first kappa shape index (κ1) is 12.6. The zero-order valence-corrected chi connectivity index (χ0v) is 10.8. The molecule has 15 heavy (non-hydrogen) atoms. The minimum absolute atomic E-state index is 0.582. The summed E-state index contributed by atoms with van der Waals surface area (Å²) in [6.45, 7) is 8.74. The zero-order chi connectivity index (χ0) is 11.3. The molecule has 0 saturated heterocycles. The van der Waals surface area contributed by atoms with Crippen LogP contribution in [0.4, 0.5) is 0 Å². The largest absolute Gasteiger partial charge is 0.338 e. The lowest BCUT2D eigenvalue weighted by atomic mass is 10.1. The van der Waals surface area contributed by atoms with Crippen LogP contribution in [0, 0.1) is 11.8 Å². The summed E-state index contributed by atoms with van der Waals surface area (Å²) in [4.78, 5) is 4.35. The highest BCUT2D eigenvalue weighted by Gasteiger charge is 2.08. The van der Waals surface area contributed by atoms with Crippen molar-refractivity contribution in [1.29, 1.82) is 0 Å². The first-order valence-electron chi connectivity index (χ1n) is 5.47. The molecule has 0 amide bonds. The van der Waals surface area contributed by atoms with Crippen LogP contribution < -0.4 is 0 Å². The van der Waals surface area contributed by atoms with Crippen LogP contribution in [0.1, 0.15) is 39.4 Å². The van der Waals surface area contributed by atoms with Crippen molar-refractivity contribution in [2.24, 2.45) is 11.8 Å². The maximum Gasteiger partial charge on any atom is 0.236 e. The van der Waals surface area contributed by atoms with Crippen molar-refractivity contribution < 1.29 is 4.52 Å². The molecular weight excluding hydrogens is 208 g/mol. The fourth-order valence-electron chi connectivity index (χ4n) is 1.18. The molecule has 0 aromatic carbocycles. The predicted octanol–water partition coefficient (Wildman–Crippen LogP) is 3.16. The van der Waals surface area contributed by atoms with E-state index in [0.29, 0.717) is 11.8 Å². The Balaban J connectivity index is 2.33. The molecule has 0 unspecified atom stereocenters. The molecule has 0 aliphatic rings. The van der Waals surface area contributed by atoms with Crippen LogP contribution in [0.15, 0.2) is 4.52 Å². The van der Waals surface area contributed by atoms with Crippen LogP contribution in [-0.2, 0) is 12.2 Å². The molecule has 1 heterocycles. The standard InChI is InChI=1S/C11H20N2OS/c1-8(2)5-10-12-11(14-13-10)7-15-6-9(3)4/h8-9H,5-7H2,1-4H3. The maximum atomic E-state index is 5.17. The van der Waals surface area contributed by atoms with Crippen LogP contribution in [0.2, 0.25) is 0 Å². The molecular formula is C11H20N2OS. The Morgan fingerprint density at radius 3 is 2.53 bits per heavy atom. The first-order valence-corrected chi connectivity index (χ1v) is 6.62. The van der Waals surface area contributed by atoms with Gasteiger partial charge in [0.05, 0.1) is 5.75 Å². The number of nitrogens with zero attached hydrogens (tertiary/aromatic N) is 2. The molecule has 1 aromatic rings. The summed E-state index contributed by atoms with van der Waals surface area (Å²) in [5, 5.41) is 3.95. The second-order valence-electron chi connectivity index (χ2n) is 4.61. The van der Waals surface area contributed by atoms with Gasteiger partial charge in [-0.2, -0.15) is 16.7 Å². The molecule has 0 saturated carbocycles. The van der Waals surface area contributed by atoms with Gasteiger partial charge in [0.1, 0.15) is 0 Å². The molecule has 0 bridgehead atoms. The van der Waals surface area contributed by atoms with E-state index in [1.807, 2.05) is 11.8 Å². The van der Waals surface area contributed by atoms with Crippen molar-refractivity contribution in [3.05, 3.63) is 11.7 Å². The van der Waals surface area contributed by atoms with Crippen molar-refractivity contribution in [2.45, 2.75) is 39.9 Å². The lowest BCUT2D eigenvalue weighted by Gasteiger charge is -2.00. The topological polar surface area (TPSA) is 38.9 Å². The lowest BCUT2D eigenvalue weighted by Crippen LogP contribution is -1.96. The van der Waals surface area contributed by atoms with Crippen LogP contribution in [0.5, 0.6) is 0 Å². The molecule has 0 spiro atoms. The number of rotatable bonds is 6.